The van der Waals surface area contributed by atoms with Gasteiger partial charge in [-0.25, -0.2) is 0 Å². The first-order valence-electron chi connectivity index (χ1n) is 5.91. The quantitative estimate of drug-likeness (QED) is 0.857. The summed E-state index contributed by atoms with van der Waals surface area (Å²) in [4.78, 5) is 4.38. The number of nitrogens with two attached hydrogens (primary N) is 1. The molecule has 0 amide bonds. The minimum atomic E-state index is 0.416. The fraction of sp³-hybridized carbons (Fsp3) is 0.385. The van der Waals surface area contributed by atoms with Crippen LogP contribution < -0.4 is 5.73 Å². The Bertz CT molecular complexity index is 449. The molecule has 1 heterocycles. The highest BCUT2D eigenvalue weighted by molar-refractivity contribution is 5.53. The first-order valence-corrected chi connectivity index (χ1v) is 5.91. The van der Waals surface area contributed by atoms with Gasteiger partial charge in [0.05, 0.1) is 0 Å². The number of benzene rings is 1. The van der Waals surface area contributed by atoms with Crippen LogP contribution in [0.2, 0.25) is 0 Å². The summed E-state index contributed by atoms with van der Waals surface area (Å²) in [5, 5.41) is 3.98. The highest BCUT2D eigenvalue weighted by atomic mass is 16.5. The first-order chi connectivity index (χ1) is 8.33. The minimum absolute atomic E-state index is 0.416. The third kappa shape index (κ3) is 2.91. The van der Waals surface area contributed by atoms with Crippen LogP contribution in [0.5, 0.6) is 0 Å². The van der Waals surface area contributed by atoms with E-state index in [1.165, 1.54) is 0 Å². The van der Waals surface area contributed by atoms with Gasteiger partial charge in [-0.15, -0.1) is 0 Å². The molecule has 1 atom stereocenters. The van der Waals surface area contributed by atoms with Crippen LogP contribution in [0.3, 0.4) is 0 Å². The van der Waals surface area contributed by atoms with Crippen molar-refractivity contribution in [2.45, 2.75) is 19.8 Å². The Morgan fingerprint density at radius 1 is 1.29 bits per heavy atom. The molecule has 0 radical (unpaired) electrons. The fourth-order valence-electron chi connectivity index (χ4n) is 1.68. The van der Waals surface area contributed by atoms with E-state index in [0.717, 1.165) is 18.4 Å². The molecule has 2 rings (SSSR count). The lowest BCUT2D eigenvalue weighted by Crippen LogP contribution is -2.15. The normalized spacial score (nSPS) is 12.6. The summed E-state index contributed by atoms with van der Waals surface area (Å²) in [5.41, 5.74) is 6.63. The van der Waals surface area contributed by atoms with Crippen molar-refractivity contribution in [3.8, 4) is 11.4 Å². The first kappa shape index (κ1) is 11.8. The van der Waals surface area contributed by atoms with Crippen molar-refractivity contribution in [2.24, 2.45) is 11.7 Å². The number of rotatable bonds is 5. The Labute approximate surface area is 101 Å². The van der Waals surface area contributed by atoms with Crippen molar-refractivity contribution in [1.82, 2.24) is 10.1 Å². The lowest BCUT2D eigenvalue weighted by molar-refractivity contribution is 0.350. The van der Waals surface area contributed by atoms with E-state index in [-0.39, 0.29) is 0 Å². The molecule has 0 aliphatic heterocycles. The van der Waals surface area contributed by atoms with Crippen LogP contribution in [0.25, 0.3) is 11.4 Å². The molecule has 0 saturated carbocycles. The lowest BCUT2D eigenvalue weighted by atomic mass is 10.0. The molecular formula is C13H17N3O. The molecule has 4 nitrogen and oxygen atoms in total. The Morgan fingerprint density at radius 2 is 2.06 bits per heavy atom. The summed E-state index contributed by atoms with van der Waals surface area (Å²) in [7, 11) is 0. The van der Waals surface area contributed by atoms with E-state index in [1.54, 1.807) is 0 Å². The molecule has 0 aliphatic rings. The Balaban J connectivity index is 2.11. The molecular weight excluding hydrogens is 214 g/mol. The van der Waals surface area contributed by atoms with Gasteiger partial charge in [0.15, 0.2) is 0 Å². The monoisotopic (exact) mass is 231 g/mol. The SMILES string of the molecule is CCC(CN)Cc1nc(-c2ccccc2)no1. The third-order valence-corrected chi connectivity index (χ3v) is 2.87. The van der Waals surface area contributed by atoms with E-state index < -0.39 is 0 Å². The largest absolute Gasteiger partial charge is 0.339 e. The third-order valence-electron chi connectivity index (χ3n) is 2.87. The second kappa shape index (κ2) is 5.59. The highest BCUT2D eigenvalue weighted by Gasteiger charge is 2.12. The summed E-state index contributed by atoms with van der Waals surface area (Å²) < 4.78 is 5.24. The van der Waals surface area contributed by atoms with Crippen LogP contribution in [-0.2, 0) is 6.42 Å². The fourth-order valence-corrected chi connectivity index (χ4v) is 1.68. The van der Waals surface area contributed by atoms with Crippen molar-refractivity contribution < 1.29 is 4.52 Å². The van der Waals surface area contributed by atoms with Crippen molar-refractivity contribution >= 4 is 0 Å². The zero-order chi connectivity index (χ0) is 12.1. The van der Waals surface area contributed by atoms with E-state index in [0.29, 0.717) is 24.2 Å². The summed E-state index contributed by atoms with van der Waals surface area (Å²) in [5.74, 6) is 1.73. The summed E-state index contributed by atoms with van der Waals surface area (Å²) >= 11 is 0. The molecule has 17 heavy (non-hydrogen) atoms. The smallest absolute Gasteiger partial charge is 0.227 e. The van der Waals surface area contributed by atoms with E-state index >= 15 is 0 Å². The van der Waals surface area contributed by atoms with Gasteiger partial charge in [-0.05, 0) is 12.5 Å². The summed E-state index contributed by atoms with van der Waals surface area (Å²) in [6, 6.07) is 9.82. The van der Waals surface area contributed by atoms with Gasteiger partial charge < -0.3 is 10.3 Å². The minimum Gasteiger partial charge on any atom is -0.339 e. The molecule has 0 aliphatic carbocycles. The van der Waals surface area contributed by atoms with Crippen molar-refractivity contribution in [3.63, 3.8) is 0 Å². The van der Waals surface area contributed by atoms with E-state index in [2.05, 4.69) is 17.1 Å². The average Bonchev–Trinajstić information content (AvgIpc) is 2.85. The number of aromatic nitrogens is 2. The van der Waals surface area contributed by atoms with Crippen molar-refractivity contribution in [3.05, 3.63) is 36.2 Å². The zero-order valence-corrected chi connectivity index (χ0v) is 9.97. The van der Waals surface area contributed by atoms with Crippen LogP contribution in [-0.4, -0.2) is 16.7 Å². The summed E-state index contributed by atoms with van der Waals surface area (Å²) in [6.45, 7) is 2.77. The van der Waals surface area contributed by atoms with Gasteiger partial charge in [0, 0.05) is 12.0 Å². The van der Waals surface area contributed by atoms with E-state index in [1.807, 2.05) is 30.3 Å². The number of hydrogen-bond acceptors (Lipinski definition) is 4. The van der Waals surface area contributed by atoms with Crippen LogP contribution >= 0.6 is 0 Å². The highest BCUT2D eigenvalue weighted by Crippen LogP contribution is 2.16. The van der Waals surface area contributed by atoms with Gasteiger partial charge in [0.1, 0.15) is 0 Å². The molecule has 2 aromatic rings. The van der Waals surface area contributed by atoms with Crippen LogP contribution in [0.1, 0.15) is 19.2 Å². The lowest BCUT2D eigenvalue weighted by Gasteiger charge is -2.07. The average molecular weight is 231 g/mol. The maximum absolute atomic E-state index is 5.66. The number of nitrogens with zero attached hydrogens (tertiary/aromatic N) is 2. The Kier molecular flexibility index (Phi) is 3.88. The predicted molar refractivity (Wildman–Crippen MR) is 66.3 cm³/mol. The zero-order valence-electron chi connectivity index (χ0n) is 9.97. The second-order valence-corrected chi connectivity index (χ2v) is 4.09. The molecule has 0 saturated heterocycles. The maximum Gasteiger partial charge on any atom is 0.227 e. The van der Waals surface area contributed by atoms with E-state index in [9.17, 15) is 0 Å². The molecule has 1 unspecified atom stereocenters. The van der Waals surface area contributed by atoms with E-state index in [4.69, 9.17) is 10.3 Å². The van der Waals surface area contributed by atoms with Crippen LogP contribution in [0, 0.1) is 5.92 Å². The summed E-state index contributed by atoms with van der Waals surface area (Å²) in [6.07, 6.45) is 1.78. The van der Waals surface area contributed by atoms with Gasteiger partial charge in [-0.1, -0.05) is 48.8 Å². The topological polar surface area (TPSA) is 64.9 Å². The predicted octanol–water partition coefficient (Wildman–Crippen LogP) is 2.26. The molecule has 90 valence electrons. The van der Waals surface area contributed by atoms with Gasteiger partial charge in [-0.2, -0.15) is 4.98 Å². The Morgan fingerprint density at radius 3 is 2.71 bits per heavy atom. The Hall–Kier alpha value is -1.68. The van der Waals surface area contributed by atoms with Crippen LogP contribution in [0.15, 0.2) is 34.9 Å². The van der Waals surface area contributed by atoms with Crippen molar-refractivity contribution in [1.29, 1.82) is 0 Å². The number of hydrogen-bond donors (Lipinski definition) is 1. The molecule has 1 aromatic carbocycles. The molecule has 0 bridgehead atoms. The maximum atomic E-state index is 5.66. The van der Waals surface area contributed by atoms with Crippen LogP contribution in [0.4, 0.5) is 0 Å². The standard InChI is InChI=1S/C13H17N3O/c1-2-10(9-14)8-12-15-13(16-17-12)11-6-4-3-5-7-11/h3-7,10H,2,8-9,14H2,1H3. The second-order valence-electron chi connectivity index (χ2n) is 4.09. The molecule has 0 spiro atoms. The van der Waals surface area contributed by atoms with Gasteiger partial charge in [-0.3, -0.25) is 0 Å². The molecule has 0 fully saturated rings. The molecule has 1 aromatic heterocycles. The van der Waals surface area contributed by atoms with Gasteiger partial charge >= 0.3 is 0 Å². The molecule has 4 heteroatoms. The molecule has 2 N–H and O–H groups in total. The van der Waals surface area contributed by atoms with Gasteiger partial charge in [0.2, 0.25) is 11.7 Å². The van der Waals surface area contributed by atoms with Crippen molar-refractivity contribution in [2.75, 3.05) is 6.54 Å². The van der Waals surface area contributed by atoms with Gasteiger partial charge in [0.25, 0.3) is 0 Å².